The number of para-hydroxylation sites is 1. The Bertz CT molecular complexity index is 530. The summed E-state index contributed by atoms with van der Waals surface area (Å²) in [6.07, 6.45) is 4.70. The Balaban J connectivity index is 1.81. The largest absolute Gasteiger partial charge is 0.214 e. The number of hydrogen-bond donors (Lipinski definition) is 0. The summed E-state index contributed by atoms with van der Waals surface area (Å²) in [6, 6.07) is 9.95. The molecule has 2 unspecified atom stereocenters. The van der Waals surface area contributed by atoms with Crippen LogP contribution in [0.3, 0.4) is 0 Å². The molecular weight excluding hydrogens is 280 g/mol. The van der Waals surface area contributed by atoms with Crippen molar-refractivity contribution in [3.05, 3.63) is 30.3 Å². The summed E-state index contributed by atoms with van der Waals surface area (Å²) in [5, 5.41) is 13.4. The van der Waals surface area contributed by atoms with Crippen LogP contribution in [0.2, 0.25) is 0 Å². The van der Waals surface area contributed by atoms with E-state index in [1.165, 1.54) is 12.8 Å². The minimum Gasteiger partial charge on any atom is -0.188 e. The number of halogens is 1. The van der Waals surface area contributed by atoms with E-state index < -0.39 is 0 Å². The van der Waals surface area contributed by atoms with Crippen LogP contribution >= 0.6 is 23.4 Å². The van der Waals surface area contributed by atoms with Crippen LogP contribution < -0.4 is 0 Å². The summed E-state index contributed by atoms with van der Waals surface area (Å²) in [7, 11) is 0. The summed E-state index contributed by atoms with van der Waals surface area (Å²) < 4.78 is 1.78. The first-order valence-corrected chi connectivity index (χ1v) is 7.81. The zero-order chi connectivity index (χ0) is 13.1. The normalized spacial score (nSPS) is 23.4. The molecule has 4 nitrogen and oxygen atoms in total. The molecule has 0 aliphatic heterocycles. The quantitative estimate of drug-likeness (QED) is 0.815. The Hall–Kier alpha value is -1.07. The summed E-state index contributed by atoms with van der Waals surface area (Å²) >= 11 is 8.09. The van der Waals surface area contributed by atoms with Gasteiger partial charge in [-0.3, -0.25) is 0 Å². The number of benzene rings is 1. The van der Waals surface area contributed by atoms with E-state index in [0.29, 0.717) is 5.25 Å². The fourth-order valence-electron chi connectivity index (χ4n) is 2.30. The molecule has 0 bridgehead atoms. The molecule has 0 spiro atoms. The molecule has 0 N–H and O–H groups in total. The Morgan fingerprint density at radius 3 is 2.74 bits per heavy atom. The zero-order valence-electron chi connectivity index (χ0n) is 10.4. The van der Waals surface area contributed by atoms with Crippen molar-refractivity contribution >= 4 is 23.4 Å². The second-order valence-electron chi connectivity index (χ2n) is 4.67. The lowest BCUT2D eigenvalue weighted by molar-refractivity contribution is 0.521. The average molecular weight is 295 g/mol. The minimum atomic E-state index is 0.222. The first-order chi connectivity index (χ1) is 9.34. The van der Waals surface area contributed by atoms with Crippen LogP contribution in [0.15, 0.2) is 35.5 Å². The van der Waals surface area contributed by atoms with Gasteiger partial charge in [0.15, 0.2) is 0 Å². The standard InChI is InChI=1S/C13H15ClN4S/c14-11-8-4-5-9-12(11)19-13-15-16-17-18(13)10-6-2-1-3-7-10/h1-3,6-7,11-12H,4-5,8-9H2. The van der Waals surface area contributed by atoms with Crippen molar-refractivity contribution in [2.45, 2.75) is 41.5 Å². The highest BCUT2D eigenvalue weighted by Crippen LogP contribution is 2.35. The minimum absolute atomic E-state index is 0.222. The fraction of sp³-hybridized carbons (Fsp3) is 0.462. The number of hydrogen-bond acceptors (Lipinski definition) is 4. The van der Waals surface area contributed by atoms with Crippen molar-refractivity contribution < 1.29 is 0 Å². The fourth-order valence-corrected chi connectivity index (χ4v) is 3.90. The van der Waals surface area contributed by atoms with Gasteiger partial charge in [-0.15, -0.1) is 16.7 Å². The van der Waals surface area contributed by atoms with Gasteiger partial charge in [-0.1, -0.05) is 42.8 Å². The highest BCUT2D eigenvalue weighted by molar-refractivity contribution is 7.99. The lowest BCUT2D eigenvalue weighted by Gasteiger charge is -2.25. The van der Waals surface area contributed by atoms with Crippen molar-refractivity contribution in [1.29, 1.82) is 0 Å². The molecule has 1 aromatic heterocycles. The molecule has 100 valence electrons. The number of rotatable bonds is 3. The lowest BCUT2D eigenvalue weighted by atomic mass is 10.00. The van der Waals surface area contributed by atoms with Crippen LogP contribution in [0.1, 0.15) is 25.7 Å². The van der Waals surface area contributed by atoms with Gasteiger partial charge in [0.05, 0.1) is 5.69 Å². The van der Waals surface area contributed by atoms with Crippen molar-refractivity contribution in [2.75, 3.05) is 0 Å². The van der Waals surface area contributed by atoms with Crippen molar-refractivity contribution in [3.63, 3.8) is 0 Å². The molecular formula is C13H15ClN4S. The number of thioether (sulfide) groups is 1. The molecule has 1 heterocycles. The van der Waals surface area contributed by atoms with E-state index in [9.17, 15) is 0 Å². The molecule has 2 atom stereocenters. The van der Waals surface area contributed by atoms with Gasteiger partial charge in [0, 0.05) is 10.6 Å². The number of tetrazole rings is 1. The molecule has 0 saturated heterocycles. The van der Waals surface area contributed by atoms with E-state index in [-0.39, 0.29) is 5.38 Å². The maximum absolute atomic E-state index is 6.40. The van der Waals surface area contributed by atoms with Crippen LogP contribution in [0.5, 0.6) is 0 Å². The molecule has 1 aromatic carbocycles. The van der Waals surface area contributed by atoms with Crippen molar-refractivity contribution in [3.8, 4) is 5.69 Å². The monoisotopic (exact) mass is 294 g/mol. The topological polar surface area (TPSA) is 43.6 Å². The third-order valence-electron chi connectivity index (χ3n) is 3.32. The Kier molecular flexibility index (Phi) is 4.03. The molecule has 2 aromatic rings. The van der Waals surface area contributed by atoms with Gasteiger partial charge >= 0.3 is 0 Å². The number of alkyl halides is 1. The molecule has 0 amide bonds. The summed E-state index contributed by atoms with van der Waals surface area (Å²) in [5.74, 6) is 0. The lowest BCUT2D eigenvalue weighted by Crippen LogP contribution is -2.22. The van der Waals surface area contributed by atoms with E-state index in [1.54, 1.807) is 16.4 Å². The zero-order valence-corrected chi connectivity index (χ0v) is 12.0. The maximum Gasteiger partial charge on any atom is 0.214 e. The van der Waals surface area contributed by atoms with Gasteiger partial charge in [0.2, 0.25) is 5.16 Å². The molecule has 1 aliphatic rings. The van der Waals surface area contributed by atoms with Crippen LogP contribution in [0, 0.1) is 0 Å². The Labute approximate surface area is 121 Å². The van der Waals surface area contributed by atoms with Gasteiger partial charge in [0.1, 0.15) is 0 Å². The predicted molar refractivity (Wildman–Crippen MR) is 76.9 cm³/mol. The molecule has 6 heteroatoms. The van der Waals surface area contributed by atoms with Crippen LogP contribution in [-0.2, 0) is 0 Å². The molecule has 0 radical (unpaired) electrons. The predicted octanol–water partition coefficient (Wildman–Crippen LogP) is 3.30. The van der Waals surface area contributed by atoms with E-state index in [4.69, 9.17) is 11.6 Å². The smallest absolute Gasteiger partial charge is 0.188 e. The molecule has 1 aliphatic carbocycles. The Morgan fingerprint density at radius 2 is 1.95 bits per heavy atom. The van der Waals surface area contributed by atoms with Gasteiger partial charge in [0.25, 0.3) is 0 Å². The van der Waals surface area contributed by atoms with Gasteiger partial charge < -0.3 is 0 Å². The summed E-state index contributed by atoms with van der Waals surface area (Å²) in [4.78, 5) is 0. The second-order valence-corrected chi connectivity index (χ2v) is 6.43. The number of nitrogens with zero attached hydrogens (tertiary/aromatic N) is 4. The SMILES string of the molecule is ClC1CCCCC1Sc1nnnn1-c1ccccc1. The summed E-state index contributed by atoms with van der Waals surface area (Å²) in [5.41, 5.74) is 0.983. The molecule has 3 rings (SSSR count). The average Bonchev–Trinajstić information content (AvgIpc) is 2.91. The van der Waals surface area contributed by atoms with Crippen LogP contribution in [0.25, 0.3) is 5.69 Å². The van der Waals surface area contributed by atoms with Gasteiger partial charge in [-0.25, -0.2) is 0 Å². The number of aromatic nitrogens is 4. The van der Waals surface area contributed by atoms with E-state index in [1.807, 2.05) is 30.3 Å². The van der Waals surface area contributed by atoms with Gasteiger partial charge in [-0.05, 0) is 35.4 Å². The van der Waals surface area contributed by atoms with Crippen LogP contribution in [-0.4, -0.2) is 30.8 Å². The Morgan fingerprint density at radius 1 is 1.16 bits per heavy atom. The third kappa shape index (κ3) is 2.92. The molecule has 1 fully saturated rings. The molecule has 19 heavy (non-hydrogen) atoms. The van der Waals surface area contributed by atoms with Crippen molar-refractivity contribution in [1.82, 2.24) is 20.2 Å². The highest BCUT2D eigenvalue weighted by Gasteiger charge is 2.26. The highest BCUT2D eigenvalue weighted by atomic mass is 35.5. The van der Waals surface area contributed by atoms with E-state index in [2.05, 4.69) is 15.5 Å². The molecule has 1 saturated carbocycles. The van der Waals surface area contributed by atoms with Crippen molar-refractivity contribution in [2.24, 2.45) is 0 Å². The maximum atomic E-state index is 6.40. The first-order valence-electron chi connectivity index (χ1n) is 6.49. The third-order valence-corrected chi connectivity index (χ3v) is 5.32. The summed E-state index contributed by atoms with van der Waals surface area (Å²) in [6.45, 7) is 0. The van der Waals surface area contributed by atoms with E-state index in [0.717, 1.165) is 23.7 Å². The van der Waals surface area contributed by atoms with E-state index >= 15 is 0 Å². The second kappa shape index (κ2) is 5.92. The first kappa shape index (κ1) is 12.9. The van der Waals surface area contributed by atoms with Crippen LogP contribution in [0.4, 0.5) is 0 Å². The van der Waals surface area contributed by atoms with Gasteiger partial charge in [-0.2, -0.15) is 4.68 Å².